The van der Waals surface area contributed by atoms with Crippen LogP contribution in [0.1, 0.15) is 16.7 Å². The zero-order valence-electron chi connectivity index (χ0n) is 11.5. The van der Waals surface area contributed by atoms with Gasteiger partial charge in [0.1, 0.15) is 0 Å². The Hall–Kier alpha value is -2.49. The second-order valence-electron chi connectivity index (χ2n) is 4.78. The Morgan fingerprint density at radius 3 is 1.78 bits per heavy atom. The Labute approximate surface area is 127 Å². The topological polar surface area (TPSA) is 23.8 Å². The highest BCUT2D eigenvalue weighted by atomic mass is 19.4. The summed E-state index contributed by atoms with van der Waals surface area (Å²) in [5, 5.41) is 8.75. The summed E-state index contributed by atoms with van der Waals surface area (Å²) in [6.45, 7) is 0. The van der Waals surface area contributed by atoms with Crippen LogP contribution in [0.25, 0.3) is 11.1 Å². The molecule has 2 aromatic rings. The summed E-state index contributed by atoms with van der Waals surface area (Å²) in [5.41, 5.74) is -1.21. The van der Waals surface area contributed by atoms with Crippen molar-refractivity contribution in [2.75, 3.05) is 0 Å². The van der Waals surface area contributed by atoms with E-state index in [0.29, 0.717) is 5.56 Å². The number of nitriles is 1. The number of halogens is 6. The molecule has 0 atom stereocenters. The Balaban J connectivity index is 2.54. The van der Waals surface area contributed by atoms with Gasteiger partial charge in [-0.05, 0) is 41.0 Å². The summed E-state index contributed by atoms with van der Waals surface area (Å²) in [6, 6.07) is 8.47. The van der Waals surface area contributed by atoms with E-state index < -0.39 is 23.5 Å². The van der Waals surface area contributed by atoms with Crippen LogP contribution in [-0.2, 0) is 18.8 Å². The van der Waals surface area contributed by atoms with Crippen LogP contribution >= 0.6 is 0 Å². The molecule has 0 aliphatic rings. The molecule has 7 heteroatoms. The lowest BCUT2D eigenvalue weighted by Crippen LogP contribution is -2.06. The summed E-state index contributed by atoms with van der Waals surface area (Å²) >= 11 is 0. The fraction of sp³-hybridized carbons (Fsp3) is 0.188. The van der Waals surface area contributed by atoms with E-state index in [9.17, 15) is 26.3 Å². The van der Waals surface area contributed by atoms with E-state index in [4.69, 9.17) is 5.26 Å². The predicted molar refractivity (Wildman–Crippen MR) is 71.2 cm³/mol. The Kier molecular flexibility index (Phi) is 4.37. The molecule has 0 bridgehead atoms. The minimum absolute atomic E-state index is 0.0927. The van der Waals surface area contributed by atoms with Crippen molar-refractivity contribution in [3.63, 3.8) is 0 Å². The molecule has 0 radical (unpaired) electrons. The molecule has 0 heterocycles. The number of alkyl halides is 6. The normalized spacial score (nSPS) is 12.0. The van der Waals surface area contributed by atoms with Crippen LogP contribution < -0.4 is 0 Å². The van der Waals surface area contributed by atoms with Crippen molar-refractivity contribution in [1.82, 2.24) is 0 Å². The molecule has 23 heavy (non-hydrogen) atoms. The molecule has 120 valence electrons. The van der Waals surface area contributed by atoms with Gasteiger partial charge in [0.2, 0.25) is 0 Å². The second kappa shape index (κ2) is 5.95. The average Bonchev–Trinajstić information content (AvgIpc) is 2.46. The second-order valence-corrected chi connectivity index (χ2v) is 4.78. The number of hydrogen-bond acceptors (Lipinski definition) is 1. The fourth-order valence-electron chi connectivity index (χ4n) is 2.10. The average molecular weight is 329 g/mol. The van der Waals surface area contributed by atoms with Crippen molar-refractivity contribution < 1.29 is 26.3 Å². The maximum atomic E-state index is 12.8. The summed E-state index contributed by atoms with van der Waals surface area (Å²) in [5.74, 6) is 0. The third-order valence-corrected chi connectivity index (χ3v) is 3.23. The quantitative estimate of drug-likeness (QED) is 0.671. The van der Waals surface area contributed by atoms with Gasteiger partial charge in [-0.15, -0.1) is 0 Å². The first-order valence-electron chi connectivity index (χ1n) is 6.37. The van der Waals surface area contributed by atoms with Gasteiger partial charge in [0.15, 0.2) is 0 Å². The largest absolute Gasteiger partial charge is 0.416 e. The maximum absolute atomic E-state index is 12.8. The molecule has 2 aromatic carbocycles. The third-order valence-electron chi connectivity index (χ3n) is 3.23. The highest BCUT2D eigenvalue weighted by Gasteiger charge is 2.32. The van der Waals surface area contributed by atoms with Crippen LogP contribution in [0.15, 0.2) is 42.5 Å². The van der Waals surface area contributed by atoms with Crippen LogP contribution in [-0.4, -0.2) is 0 Å². The zero-order chi connectivity index (χ0) is 17.3. The highest BCUT2D eigenvalue weighted by molar-refractivity contribution is 5.69. The Morgan fingerprint density at radius 1 is 0.783 bits per heavy atom. The lowest BCUT2D eigenvalue weighted by Gasteiger charge is -2.13. The molecule has 0 N–H and O–H groups in total. The molecule has 0 aliphatic carbocycles. The Morgan fingerprint density at radius 2 is 1.30 bits per heavy atom. The van der Waals surface area contributed by atoms with Crippen LogP contribution in [0.4, 0.5) is 26.3 Å². The first-order valence-corrected chi connectivity index (χ1v) is 6.37. The molecule has 0 unspecified atom stereocenters. The minimum atomic E-state index is -4.58. The summed E-state index contributed by atoms with van der Waals surface area (Å²) in [7, 11) is 0. The van der Waals surface area contributed by atoms with Gasteiger partial charge in [-0.3, -0.25) is 0 Å². The van der Waals surface area contributed by atoms with Crippen LogP contribution in [0.2, 0.25) is 0 Å². The maximum Gasteiger partial charge on any atom is 0.416 e. The Bertz CT molecular complexity index is 735. The van der Waals surface area contributed by atoms with E-state index in [-0.39, 0.29) is 17.5 Å². The van der Waals surface area contributed by atoms with Crippen molar-refractivity contribution in [1.29, 1.82) is 5.26 Å². The van der Waals surface area contributed by atoms with E-state index in [1.165, 1.54) is 6.07 Å². The molecular formula is C16H9F6N. The molecule has 2 rings (SSSR count). The number of rotatable bonds is 2. The lowest BCUT2D eigenvalue weighted by atomic mass is 9.95. The van der Waals surface area contributed by atoms with Crippen molar-refractivity contribution in [3.8, 4) is 17.2 Å². The molecule has 0 spiro atoms. The summed E-state index contributed by atoms with van der Waals surface area (Å²) < 4.78 is 76.1. The van der Waals surface area contributed by atoms with Gasteiger partial charge >= 0.3 is 12.4 Å². The zero-order valence-corrected chi connectivity index (χ0v) is 11.5. The van der Waals surface area contributed by atoms with Crippen molar-refractivity contribution >= 4 is 0 Å². The van der Waals surface area contributed by atoms with Gasteiger partial charge in [0.25, 0.3) is 0 Å². The van der Waals surface area contributed by atoms with Gasteiger partial charge in [0, 0.05) is 0 Å². The van der Waals surface area contributed by atoms with E-state index in [2.05, 4.69) is 0 Å². The molecule has 0 saturated carbocycles. The van der Waals surface area contributed by atoms with Crippen molar-refractivity contribution in [2.45, 2.75) is 18.8 Å². The van der Waals surface area contributed by atoms with Gasteiger partial charge in [-0.1, -0.05) is 18.2 Å². The van der Waals surface area contributed by atoms with Crippen LogP contribution in [0.3, 0.4) is 0 Å². The van der Waals surface area contributed by atoms with E-state index in [1.807, 2.05) is 6.07 Å². The molecule has 0 saturated heterocycles. The molecule has 0 amide bonds. The molecule has 0 aromatic heterocycles. The van der Waals surface area contributed by atoms with Crippen LogP contribution in [0, 0.1) is 11.3 Å². The molecule has 1 nitrogen and oxygen atoms in total. The van der Waals surface area contributed by atoms with Crippen molar-refractivity contribution in [3.05, 3.63) is 59.2 Å². The molecule has 0 aliphatic heterocycles. The van der Waals surface area contributed by atoms with Gasteiger partial charge in [-0.25, -0.2) is 0 Å². The van der Waals surface area contributed by atoms with E-state index in [0.717, 1.165) is 36.4 Å². The third kappa shape index (κ3) is 3.83. The summed E-state index contributed by atoms with van der Waals surface area (Å²) in [4.78, 5) is 0. The standard InChI is InChI=1S/C16H9F6N/c17-15(18,19)12-4-1-10(2-5-12)14-9-13(16(20,21)22)6-3-11(14)7-8-23/h1-6,9H,7H2. The summed E-state index contributed by atoms with van der Waals surface area (Å²) in [6.07, 6.45) is -9.25. The van der Waals surface area contributed by atoms with Gasteiger partial charge < -0.3 is 0 Å². The lowest BCUT2D eigenvalue weighted by molar-refractivity contribution is -0.138. The monoisotopic (exact) mass is 329 g/mol. The van der Waals surface area contributed by atoms with Crippen LogP contribution in [0.5, 0.6) is 0 Å². The smallest absolute Gasteiger partial charge is 0.198 e. The van der Waals surface area contributed by atoms with Gasteiger partial charge in [-0.2, -0.15) is 31.6 Å². The number of nitrogens with zero attached hydrogens (tertiary/aromatic N) is 1. The number of hydrogen-bond donors (Lipinski definition) is 0. The van der Waals surface area contributed by atoms with E-state index >= 15 is 0 Å². The predicted octanol–water partition coefficient (Wildman–Crippen LogP) is 5.46. The fourth-order valence-corrected chi connectivity index (χ4v) is 2.10. The first-order chi connectivity index (χ1) is 10.6. The first kappa shape index (κ1) is 16.9. The van der Waals surface area contributed by atoms with Crippen molar-refractivity contribution in [2.24, 2.45) is 0 Å². The SMILES string of the molecule is N#CCc1ccc(C(F)(F)F)cc1-c1ccc(C(F)(F)F)cc1. The minimum Gasteiger partial charge on any atom is -0.198 e. The molecule has 0 fully saturated rings. The highest BCUT2D eigenvalue weighted by Crippen LogP contribution is 2.35. The molecular weight excluding hydrogens is 320 g/mol. The number of benzene rings is 2. The van der Waals surface area contributed by atoms with E-state index in [1.54, 1.807) is 0 Å². The van der Waals surface area contributed by atoms with Gasteiger partial charge in [0.05, 0.1) is 23.6 Å².